The van der Waals surface area contributed by atoms with Crippen molar-refractivity contribution in [3.8, 4) is 0 Å². The van der Waals surface area contributed by atoms with Gasteiger partial charge in [-0.2, -0.15) is 5.10 Å². The minimum absolute atomic E-state index is 0.0385. The maximum absolute atomic E-state index is 12.5. The molecule has 4 nitrogen and oxygen atoms in total. The van der Waals surface area contributed by atoms with E-state index in [2.05, 4.69) is 63.6 Å². The van der Waals surface area contributed by atoms with Crippen molar-refractivity contribution in [2.75, 3.05) is 0 Å². The van der Waals surface area contributed by atoms with Crippen LogP contribution in [0.25, 0.3) is 0 Å². The summed E-state index contributed by atoms with van der Waals surface area (Å²) >= 11 is 0. The van der Waals surface area contributed by atoms with Gasteiger partial charge in [-0.3, -0.25) is 0 Å². The normalized spacial score (nSPS) is 12.1. The summed E-state index contributed by atoms with van der Waals surface area (Å²) in [6.45, 7) is 16.3. The molecular formula is C19H32N2O2S. The molecule has 0 saturated carbocycles. The van der Waals surface area contributed by atoms with Crippen LogP contribution in [-0.2, 0) is 15.8 Å². The Morgan fingerprint density at radius 2 is 1.42 bits per heavy atom. The third kappa shape index (κ3) is 5.62. The maximum atomic E-state index is 12.5. The standard InChI is InChI=1S/C19H32N2O2S/c1-12(2)16-9-17(13(3)4)19(18(10-16)14(5)6)11-24(22,23)21-20-15(7)8/h9-10,12-14,21H,11H2,1-8H3. The van der Waals surface area contributed by atoms with E-state index >= 15 is 0 Å². The fourth-order valence-corrected chi connectivity index (χ4v) is 3.75. The van der Waals surface area contributed by atoms with Crippen molar-refractivity contribution >= 4 is 15.7 Å². The fraction of sp³-hybridized carbons (Fsp3) is 0.632. The predicted octanol–water partition coefficient (Wildman–Crippen LogP) is 4.87. The molecule has 1 aromatic carbocycles. The van der Waals surface area contributed by atoms with E-state index in [0.29, 0.717) is 11.6 Å². The van der Waals surface area contributed by atoms with Crippen LogP contribution in [0.4, 0.5) is 0 Å². The van der Waals surface area contributed by atoms with Gasteiger partial charge < -0.3 is 0 Å². The molecule has 0 fully saturated rings. The van der Waals surface area contributed by atoms with Crippen LogP contribution in [0, 0.1) is 0 Å². The molecule has 1 aromatic rings. The van der Waals surface area contributed by atoms with Gasteiger partial charge in [-0.05, 0) is 53.9 Å². The van der Waals surface area contributed by atoms with Gasteiger partial charge >= 0.3 is 0 Å². The molecule has 0 amide bonds. The van der Waals surface area contributed by atoms with Gasteiger partial charge in [-0.15, -0.1) is 0 Å². The summed E-state index contributed by atoms with van der Waals surface area (Å²) < 4.78 is 24.9. The summed E-state index contributed by atoms with van der Waals surface area (Å²) in [4.78, 5) is 2.34. The zero-order chi connectivity index (χ0) is 18.7. The molecular weight excluding hydrogens is 320 g/mol. The second-order valence-corrected chi connectivity index (χ2v) is 9.25. The van der Waals surface area contributed by atoms with Gasteiger partial charge in [0.05, 0.1) is 5.75 Å². The number of hydrazone groups is 1. The minimum Gasteiger partial charge on any atom is -0.205 e. The summed E-state index contributed by atoms with van der Waals surface area (Å²) in [5.74, 6) is 0.908. The highest BCUT2D eigenvalue weighted by atomic mass is 32.2. The molecule has 0 unspecified atom stereocenters. The van der Waals surface area contributed by atoms with Crippen molar-refractivity contribution in [3.63, 3.8) is 0 Å². The molecule has 1 N–H and O–H groups in total. The van der Waals surface area contributed by atoms with Gasteiger partial charge in [0.1, 0.15) is 0 Å². The van der Waals surface area contributed by atoms with Gasteiger partial charge in [0.25, 0.3) is 10.0 Å². The van der Waals surface area contributed by atoms with Crippen molar-refractivity contribution in [1.29, 1.82) is 0 Å². The van der Waals surface area contributed by atoms with Crippen molar-refractivity contribution in [1.82, 2.24) is 4.83 Å². The lowest BCUT2D eigenvalue weighted by atomic mass is 9.85. The summed E-state index contributed by atoms with van der Waals surface area (Å²) in [6.07, 6.45) is 0. The Labute approximate surface area is 147 Å². The lowest BCUT2D eigenvalue weighted by Gasteiger charge is -2.22. The summed E-state index contributed by atoms with van der Waals surface area (Å²) in [5.41, 5.74) is 5.10. The number of hydrogen-bond acceptors (Lipinski definition) is 3. The van der Waals surface area contributed by atoms with E-state index in [4.69, 9.17) is 0 Å². The second kappa shape index (κ2) is 8.15. The SMILES string of the molecule is CC(C)=NNS(=O)(=O)Cc1c(C(C)C)cc(C(C)C)cc1C(C)C. The Kier molecular flexibility index (Phi) is 7.02. The molecule has 136 valence electrons. The fourth-order valence-electron chi connectivity index (χ4n) is 2.66. The number of hydrogen-bond donors (Lipinski definition) is 1. The van der Waals surface area contributed by atoms with Crippen LogP contribution in [0.2, 0.25) is 0 Å². The summed E-state index contributed by atoms with van der Waals surface area (Å²) in [5, 5.41) is 3.87. The van der Waals surface area contributed by atoms with Crippen LogP contribution in [0.5, 0.6) is 0 Å². The Hall–Kier alpha value is -1.36. The highest BCUT2D eigenvalue weighted by Gasteiger charge is 2.21. The monoisotopic (exact) mass is 352 g/mol. The largest absolute Gasteiger partial charge is 0.251 e. The van der Waals surface area contributed by atoms with Crippen LogP contribution in [-0.4, -0.2) is 14.1 Å². The molecule has 0 saturated heterocycles. The lowest BCUT2D eigenvalue weighted by molar-refractivity contribution is 0.582. The molecule has 0 aliphatic carbocycles. The van der Waals surface area contributed by atoms with E-state index < -0.39 is 10.0 Å². The van der Waals surface area contributed by atoms with Crippen molar-refractivity contribution in [2.45, 2.75) is 78.9 Å². The lowest BCUT2D eigenvalue weighted by Crippen LogP contribution is -2.23. The first-order valence-electron chi connectivity index (χ1n) is 8.61. The first kappa shape index (κ1) is 20.7. The Balaban J connectivity index is 3.47. The van der Waals surface area contributed by atoms with E-state index in [0.717, 1.165) is 16.7 Å². The highest BCUT2D eigenvalue weighted by molar-refractivity contribution is 7.88. The predicted molar refractivity (Wildman–Crippen MR) is 103 cm³/mol. The molecule has 0 aliphatic rings. The van der Waals surface area contributed by atoms with Gasteiger partial charge in [0, 0.05) is 5.71 Å². The minimum atomic E-state index is -3.51. The third-order valence-corrected chi connectivity index (χ3v) is 5.03. The number of rotatable bonds is 7. The highest BCUT2D eigenvalue weighted by Crippen LogP contribution is 2.33. The smallest absolute Gasteiger partial charge is 0.205 e. The zero-order valence-corrected chi connectivity index (χ0v) is 17.1. The average molecular weight is 353 g/mol. The van der Waals surface area contributed by atoms with Crippen molar-refractivity contribution in [2.24, 2.45) is 5.10 Å². The molecule has 0 heterocycles. The van der Waals surface area contributed by atoms with Crippen LogP contribution in [0.1, 0.15) is 95.4 Å². The quantitative estimate of drug-likeness (QED) is 0.562. The number of benzene rings is 1. The summed E-state index contributed by atoms with van der Waals surface area (Å²) in [6, 6.07) is 4.33. The molecule has 0 bridgehead atoms. The van der Waals surface area contributed by atoms with E-state index in [9.17, 15) is 8.42 Å². The maximum Gasteiger partial charge on any atom is 0.251 e. The van der Waals surface area contributed by atoms with Crippen LogP contribution in [0.15, 0.2) is 17.2 Å². The number of nitrogens with zero attached hydrogens (tertiary/aromatic N) is 1. The molecule has 0 radical (unpaired) electrons. The Morgan fingerprint density at radius 1 is 0.958 bits per heavy atom. The molecule has 0 aromatic heterocycles. The van der Waals surface area contributed by atoms with Crippen LogP contribution < -0.4 is 4.83 Å². The Bertz CT molecular complexity index is 669. The molecule has 5 heteroatoms. The Morgan fingerprint density at radius 3 is 1.75 bits per heavy atom. The number of sulfonamides is 1. The van der Waals surface area contributed by atoms with Gasteiger partial charge in [0.2, 0.25) is 0 Å². The van der Waals surface area contributed by atoms with Crippen LogP contribution in [0.3, 0.4) is 0 Å². The second-order valence-electron chi connectivity index (χ2n) is 7.55. The van der Waals surface area contributed by atoms with Crippen molar-refractivity contribution in [3.05, 3.63) is 34.4 Å². The van der Waals surface area contributed by atoms with E-state index in [1.54, 1.807) is 13.8 Å². The zero-order valence-electron chi connectivity index (χ0n) is 16.3. The van der Waals surface area contributed by atoms with Crippen molar-refractivity contribution < 1.29 is 8.42 Å². The topological polar surface area (TPSA) is 58.5 Å². The molecule has 24 heavy (non-hydrogen) atoms. The molecule has 0 atom stereocenters. The molecule has 1 rings (SSSR count). The van der Waals surface area contributed by atoms with Crippen LogP contribution >= 0.6 is 0 Å². The van der Waals surface area contributed by atoms with E-state index in [1.165, 1.54) is 5.56 Å². The van der Waals surface area contributed by atoms with Gasteiger partial charge in [-0.25, -0.2) is 13.2 Å². The summed E-state index contributed by atoms with van der Waals surface area (Å²) in [7, 11) is -3.51. The van der Waals surface area contributed by atoms with E-state index in [1.807, 2.05) is 0 Å². The molecule has 0 aliphatic heterocycles. The first-order valence-corrected chi connectivity index (χ1v) is 10.3. The average Bonchev–Trinajstić information content (AvgIpc) is 2.44. The number of nitrogens with one attached hydrogen (secondary N) is 1. The van der Waals surface area contributed by atoms with E-state index in [-0.39, 0.29) is 17.6 Å². The third-order valence-electron chi connectivity index (χ3n) is 3.99. The van der Waals surface area contributed by atoms with Gasteiger partial charge in [-0.1, -0.05) is 53.7 Å². The molecule has 0 spiro atoms. The van der Waals surface area contributed by atoms with Gasteiger partial charge in [0.15, 0.2) is 0 Å². The first-order chi connectivity index (χ1) is 10.9.